The summed E-state index contributed by atoms with van der Waals surface area (Å²) >= 11 is 0. The molecule has 5 nitrogen and oxygen atoms in total. The summed E-state index contributed by atoms with van der Waals surface area (Å²) in [6, 6.07) is 52.8. The first-order valence-corrected chi connectivity index (χ1v) is 17.7. The normalized spacial score (nSPS) is 11.0. The van der Waals surface area contributed by atoms with Crippen LogP contribution >= 0.6 is 0 Å². The molecule has 0 N–H and O–H groups in total. The van der Waals surface area contributed by atoms with E-state index >= 15 is 0 Å². The molecule has 2 aromatic heterocycles. The number of hydrogen-bond donors (Lipinski definition) is 0. The van der Waals surface area contributed by atoms with Crippen LogP contribution in [0.3, 0.4) is 0 Å². The fourth-order valence-electron chi connectivity index (χ4n) is 7.01. The van der Waals surface area contributed by atoms with Crippen molar-refractivity contribution in [1.29, 1.82) is 0 Å². The Morgan fingerprint density at radius 2 is 0.925 bits per heavy atom. The van der Waals surface area contributed by atoms with Gasteiger partial charge in [-0.25, -0.2) is 0 Å². The predicted molar refractivity (Wildman–Crippen MR) is 219 cm³/mol. The van der Waals surface area contributed by atoms with Crippen molar-refractivity contribution in [2.45, 2.75) is 13.8 Å². The number of rotatable bonds is 9. The maximum atomic E-state index is 5.98. The number of benzene rings is 6. The third-order valence-electron chi connectivity index (χ3n) is 9.75. The first kappa shape index (κ1) is 33.4. The van der Waals surface area contributed by atoms with Gasteiger partial charge in [-0.2, -0.15) is 0 Å². The minimum absolute atomic E-state index is 0.724. The topological polar surface area (TPSA) is 47.5 Å². The summed E-state index contributed by atoms with van der Waals surface area (Å²) in [6.45, 7) is 4.20. The third-order valence-corrected chi connectivity index (χ3v) is 9.75. The van der Waals surface area contributed by atoms with Crippen molar-refractivity contribution in [3.8, 4) is 56.3 Å². The fraction of sp³-hybridized carbons (Fsp3) is 0.0833. The van der Waals surface area contributed by atoms with Gasteiger partial charge in [-0.3, -0.25) is 9.97 Å². The molecule has 8 rings (SSSR count). The molecule has 53 heavy (non-hydrogen) atoms. The third kappa shape index (κ3) is 6.73. The van der Waals surface area contributed by atoms with Gasteiger partial charge in [-0.15, -0.1) is 0 Å². The number of anilines is 3. The van der Waals surface area contributed by atoms with Crippen LogP contribution in [0.5, 0.6) is 11.5 Å². The Morgan fingerprint density at radius 3 is 1.43 bits per heavy atom. The molecule has 0 atom stereocenters. The zero-order chi connectivity index (χ0) is 36.3. The molecule has 0 amide bonds. The van der Waals surface area contributed by atoms with Crippen LogP contribution in [0.15, 0.2) is 164 Å². The molecular weight excluding hydrogens is 651 g/mol. The van der Waals surface area contributed by atoms with Crippen LogP contribution in [0, 0.1) is 13.8 Å². The van der Waals surface area contributed by atoms with Crippen molar-refractivity contribution < 1.29 is 9.47 Å². The average Bonchev–Trinajstić information content (AvgIpc) is 3.21. The lowest BCUT2D eigenvalue weighted by molar-refractivity contribution is 0.415. The highest BCUT2D eigenvalue weighted by Crippen LogP contribution is 2.44. The number of methoxy groups -OCH3 is 2. The van der Waals surface area contributed by atoms with Gasteiger partial charge in [0.15, 0.2) is 0 Å². The molecule has 0 aliphatic heterocycles. The van der Waals surface area contributed by atoms with Gasteiger partial charge >= 0.3 is 0 Å². The Hall–Kier alpha value is -6.72. The van der Waals surface area contributed by atoms with Gasteiger partial charge < -0.3 is 14.4 Å². The second kappa shape index (κ2) is 14.5. The van der Waals surface area contributed by atoms with E-state index in [1.54, 1.807) is 14.2 Å². The van der Waals surface area contributed by atoms with E-state index in [1.165, 1.54) is 0 Å². The van der Waals surface area contributed by atoms with Crippen LogP contribution in [0.2, 0.25) is 0 Å². The molecule has 5 heteroatoms. The molecule has 0 saturated heterocycles. The Bertz CT molecular complexity index is 2420. The van der Waals surface area contributed by atoms with Crippen molar-refractivity contribution in [3.05, 3.63) is 175 Å². The highest BCUT2D eigenvalue weighted by molar-refractivity contribution is 6.00. The molecule has 0 aliphatic rings. The Labute approximate surface area is 310 Å². The molecule has 0 saturated carbocycles. The van der Waals surface area contributed by atoms with E-state index in [0.717, 1.165) is 95.2 Å². The van der Waals surface area contributed by atoms with Gasteiger partial charge in [0.2, 0.25) is 0 Å². The van der Waals surface area contributed by atoms with Crippen LogP contribution < -0.4 is 14.4 Å². The smallest absolute Gasteiger partial charge is 0.121 e. The number of ether oxygens (including phenoxy) is 2. The molecule has 6 aromatic carbocycles. The first-order chi connectivity index (χ1) is 26.0. The fourth-order valence-corrected chi connectivity index (χ4v) is 7.01. The van der Waals surface area contributed by atoms with E-state index in [9.17, 15) is 0 Å². The molecule has 0 spiro atoms. The minimum Gasteiger partial charge on any atom is -0.497 e. The summed E-state index contributed by atoms with van der Waals surface area (Å²) in [7, 11) is 3.42. The van der Waals surface area contributed by atoms with Gasteiger partial charge in [-0.1, -0.05) is 97.1 Å². The molecule has 0 aliphatic carbocycles. The van der Waals surface area contributed by atoms with Crippen molar-refractivity contribution >= 4 is 27.8 Å². The van der Waals surface area contributed by atoms with Crippen LogP contribution in [-0.2, 0) is 0 Å². The average molecular weight is 690 g/mol. The number of aryl methyl sites for hydroxylation is 2. The minimum atomic E-state index is 0.724. The summed E-state index contributed by atoms with van der Waals surface area (Å²) < 4.78 is 12.0. The molecule has 0 fully saturated rings. The zero-order valence-electron chi connectivity index (χ0n) is 30.2. The largest absolute Gasteiger partial charge is 0.497 e. The van der Waals surface area contributed by atoms with Crippen LogP contribution in [0.4, 0.5) is 17.1 Å². The monoisotopic (exact) mass is 689 g/mol. The molecule has 258 valence electrons. The van der Waals surface area contributed by atoms with Crippen LogP contribution in [0.25, 0.3) is 55.5 Å². The van der Waals surface area contributed by atoms with E-state index in [1.807, 2.05) is 24.5 Å². The van der Waals surface area contributed by atoms with Gasteiger partial charge in [0, 0.05) is 41.0 Å². The lowest BCUT2D eigenvalue weighted by Gasteiger charge is -2.28. The SMILES string of the molecule is COc1cc(-c2cc(-c3ccccc3)c(C)cn2)cc(N(c2cc(OC)cc(-c3cc(-c4ccccc4)c(C)cn3)c2)c2cccc3ccccc23)c1. The summed E-state index contributed by atoms with van der Waals surface area (Å²) in [6.07, 6.45) is 3.90. The number of pyridine rings is 2. The Morgan fingerprint density at radius 1 is 0.453 bits per heavy atom. The summed E-state index contributed by atoms with van der Waals surface area (Å²) in [5, 5.41) is 2.25. The van der Waals surface area contributed by atoms with Crippen molar-refractivity contribution in [1.82, 2.24) is 9.97 Å². The summed E-state index contributed by atoms with van der Waals surface area (Å²) in [4.78, 5) is 12.1. The van der Waals surface area contributed by atoms with Crippen molar-refractivity contribution in [2.24, 2.45) is 0 Å². The number of nitrogens with zero attached hydrogens (tertiary/aromatic N) is 3. The number of fused-ring (bicyclic) bond motifs is 1. The molecular formula is C48H39N3O2. The number of hydrogen-bond acceptors (Lipinski definition) is 5. The van der Waals surface area contributed by atoms with E-state index in [4.69, 9.17) is 19.4 Å². The van der Waals surface area contributed by atoms with E-state index in [0.29, 0.717) is 0 Å². The maximum Gasteiger partial charge on any atom is 0.121 e. The van der Waals surface area contributed by atoms with Gasteiger partial charge in [-0.05, 0) is 95.1 Å². The predicted octanol–water partition coefficient (Wildman–Crippen LogP) is 12.4. The Balaban J connectivity index is 1.34. The summed E-state index contributed by atoms with van der Waals surface area (Å²) in [5.74, 6) is 1.45. The van der Waals surface area contributed by atoms with Crippen molar-refractivity contribution in [3.63, 3.8) is 0 Å². The lowest BCUT2D eigenvalue weighted by atomic mass is 9.98. The second-order valence-corrected chi connectivity index (χ2v) is 13.2. The molecule has 0 unspecified atom stereocenters. The highest BCUT2D eigenvalue weighted by atomic mass is 16.5. The second-order valence-electron chi connectivity index (χ2n) is 13.2. The number of aromatic nitrogens is 2. The quantitative estimate of drug-likeness (QED) is 0.151. The highest BCUT2D eigenvalue weighted by Gasteiger charge is 2.21. The van der Waals surface area contributed by atoms with Crippen LogP contribution in [0.1, 0.15) is 11.1 Å². The van der Waals surface area contributed by atoms with Gasteiger partial charge in [0.1, 0.15) is 11.5 Å². The maximum absolute atomic E-state index is 5.98. The molecule has 2 heterocycles. The van der Waals surface area contributed by atoms with Gasteiger partial charge in [0.05, 0.1) is 42.7 Å². The first-order valence-electron chi connectivity index (χ1n) is 17.7. The molecule has 0 radical (unpaired) electrons. The summed E-state index contributed by atoms with van der Waals surface area (Å²) in [5.41, 5.74) is 13.3. The Kier molecular flexibility index (Phi) is 9.14. The van der Waals surface area contributed by atoms with E-state index in [-0.39, 0.29) is 0 Å². The molecule has 0 bridgehead atoms. The van der Waals surface area contributed by atoms with Crippen LogP contribution in [-0.4, -0.2) is 24.2 Å². The zero-order valence-corrected chi connectivity index (χ0v) is 30.2. The van der Waals surface area contributed by atoms with E-state index in [2.05, 4.69) is 158 Å². The lowest BCUT2D eigenvalue weighted by Crippen LogP contribution is -2.11. The van der Waals surface area contributed by atoms with E-state index < -0.39 is 0 Å². The van der Waals surface area contributed by atoms with Crippen molar-refractivity contribution in [2.75, 3.05) is 19.1 Å². The van der Waals surface area contributed by atoms with Gasteiger partial charge in [0.25, 0.3) is 0 Å². The molecule has 8 aromatic rings. The standard InChI is InChI=1S/C48H39N3O2/c1-32-30-49-46(28-44(32)35-14-7-5-8-15-35)37-22-39(26-41(24-37)52-3)51(48-21-13-19-34-18-11-12-20-43(34)48)40-23-38(25-42(27-40)53-4)47-29-45(33(2)31-50-47)36-16-9-6-10-17-36/h5-31H,1-4H3.